The number of rotatable bonds is 6. The van der Waals surface area contributed by atoms with Gasteiger partial charge in [-0.05, 0) is 85.0 Å². The second kappa shape index (κ2) is 13.3. The molecule has 4 amide bonds. The Kier molecular flexibility index (Phi) is 8.47. The summed E-state index contributed by atoms with van der Waals surface area (Å²) in [5.74, 6) is -5.88. The van der Waals surface area contributed by atoms with E-state index < -0.39 is 52.7 Å². The number of benzene rings is 5. The number of anilines is 2. The van der Waals surface area contributed by atoms with Gasteiger partial charge in [0.15, 0.2) is 5.78 Å². The number of imide groups is 2. The van der Waals surface area contributed by atoms with Crippen LogP contribution in [0.3, 0.4) is 0 Å². The molecule has 2 saturated heterocycles. The van der Waals surface area contributed by atoms with E-state index in [1.165, 1.54) is 9.80 Å². The van der Waals surface area contributed by atoms with Crippen LogP contribution in [0.4, 0.5) is 11.4 Å². The number of nitrogens with zero attached hydrogens (tertiary/aromatic N) is 2. The predicted octanol–water partition coefficient (Wildman–Crippen LogP) is 8.41. The first-order valence-corrected chi connectivity index (χ1v) is 19.2. The first-order valence-electron chi connectivity index (χ1n) is 18.1. The van der Waals surface area contributed by atoms with Gasteiger partial charge in [-0.2, -0.15) is 0 Å². The van der Waals surface area contributed by atoms with Gasteiger partial charge in [-0.25, -0.2) is 4.90 Å². The molecule has 8 nitrogen and oxygen atoms in total. The van der Waals surface area contributed by atoms with Gasteiger partial charge in [0.1, 0.15) is 5.75 Å². The SMILES string of the molecule is O=C(c1ccccc1)c1ccc(N2C(=O)C3CC=C4C(CC5C(=O)N(c6cccc(Cl)c6)C(=O)C5(c5ccccc5)C4c4cc(Br)ccc4O)C3C2=O)cc1. The first-order chi connectivity index (χ1) is 26.6. The minimum absolute atomic E-state index is 0.0621. The van der Waals surface area contributed by atoms with Crippen molar-refractivity contribution in [3.05, 3.63) is 171 Å². The van der Waals surface area contributed by atoms with Crippen LogP contribution in [0.5, 0.6) is 5.75 Å². The minimum Gasteiger partial charge on any atom is -0.508 e. The van der Waals surface area contributed by atoms with Gasteiger partial charge in [-0.3, -0.25) is 28.9 Å². The van der Waals surface area contributed by atoms with Crippen LogP contribution in [0.1, 0.15) is 45.8 Å². The number of ketones is 1. The summed E-state index contributed by atoms with van der Waals surface area (Å²) < 4.78 is 0.660. The zero-order chi connectivity index (χ0) is 38.2. The molecule has 2 aliphatic heterocycles. The zero-order valence-corrected chi connectivity index (χ0v) is 31.5. The third kappa shape index (κ3) is 5.28. The summed E-state index contributed by atoms with van der Waals surface area (Å²) in [6, 6.07) is 36.1. The molecule has 5 aromatic carbocycles. The smallest absolute Gasteiger partial charge is 0.246 e. The Balaban J connectivity index is 1.18. The Labute approximate surface area is 330 Å². The molecule has 5 aromatic rings. The largest absolute Gasteiger partial charge is 0.508 e. The number of hydrogen-bond acceptors (Lipinski definition) is 6. The van der Waals surface area contributed by atoms with Gasteiger partial charge in [-0.1, -0.05) is 106 Å². The summed E-state index contributed by atoms with van der Waals surface area (Å²) in [5.41, 5.74) is 1.88. The lowest BCUT2D eigenvalue weighted by atomic mass is 9.49. The third-order valence-electron chi connectivity index (χ3n) is 11.9. The van der Waals surface area contributed by atoms with E-state index in [1.807, 2.05) is 42.5 Å². The molecule has 1 N–H and O–H groups in total. The molecular weight excluding hydrogens is 780 g/mol. The van der Waals surface area contributed by atoms with Crippen molar-refractivity contribution in [1.29, 1.82) is 0 Å². The molecular formula is C45H32BrClN2O6. The van der Waals surface area contributed by atoms with Gasteiger partial charge >= 0.3 is 0 Å². The number of phenolic OH excluding ortho intramolecular Hbond substituents is 1. The van der Waals surface area contributed by atoms with Crippen molar-refractivity contribution in [2.24, 2.45) is 23.7 Å². The van der Waals surface area contributed by atoms with Gasteiger partial charge in [0, 0.05) is 32.1 Å². The molecule has 0 spiro atoms. The topological polar surface area (TPSA) is 112 Å². The highest BCUT2D eigenvalue weighted by molar-refractivity contribution is 9.10. The molecule has 1 saturated carbocycles. The van der Waals surface area contributed by atoms with Crippen LogP contribution in [0.25, 0.3) is 0 Å². The van der Waals surface area contributed by atoms with Gasteiger partial charge in [-0.15, -0.1) is 0 Å². The van der Waals surface area contributed by atoms with E-state index in [0.29, 0.717) is 43.1 Å². The van der Waals surface area contributed by atoms with Crippen molar-refractivity contribution in [3.63, 3.8) is 0 Å². The Hall–Kier alpha value is -5.64. The van der Waals surface area contributed by atoms with Crippen LogP contribution in [0, 0.1) is 23.7 Å². The number of hydrogen-bond donors (Lipinski definition) is 1. The van der Waals surface area contributed by atoms with Crippen LogP contribution in [-0.2, 0) is 24.6 Å². The monoisotopic (exact) mass is 810 g/mol. The van der Waals surface area contributed by atoms with Crippen molar-refractivity contribution in [2.75, 3.05) is 9.80 Å². The quantitative estimate of drug-likeness (QED) is 0.105. The molecule has 272 valence electrons. The van der Waals surface area contributed by atoms with E-state index in [0.717, 1.165) is 5.57 Å². The van der Waals surface area contributed by atoms with Gasteiger partial charge in [0.2, 0.25) is 23.6 Å². The standard InChI is InChI=1S/C45H32BrClN2O6/c46-28-16-21-37(50)35(22-28)39-32-19-20-33-38(43(54)48(41(33)52)30-17-14-26(15-18-30)40(51)25-8-3-1-4-9-25)34(32)24-36-42(53)49(31-13-7-12-29(47)23-31)44(55)45(36,39)27-10-5-2-6-11-27/h1-19,21-23,33-34,36,38-39,50H,20,24H2. The highest BCUT2D eigenvalue weighted by Gasteiger charge is 2.70. The van der Waals surface area contributed by atoms with Crippen LogP contribution in [0.15, 0.2) is 144 Å². The Morgan fingerprint density at radius 3 is 2.11 bits per heavy atom. The molecule has 10 heteroatoms. The van der Waals surface area contributed by atoms with E-state index in [4.69, 9.17) is 11.6 Å². The molecule has 6 atom stereocenters. The predicted molar refractivity (Wildman–Crippen MR) is 211 cm³/mol. The number of carbonyl (C=O) groups is 5. The van der Waals surface area contributed by atoms with E-state index in [9.17, 15) is 24.3 Å². The van der Waals surface area contributed by atoms with E-state index in [2.05, 4.69) is 15.9 Å². The van der Waals surface area contributed by atoms with Crippen molar-refractivity contribution in [1.82, 2.24) is 0 Å². The molecule has 0 aromatic heterocycles. The Bertz CT molecular complexity index is 2470. The fourth-order valence-corrected chi connectivity index (χ4v) is 10.2. The Morgan fingerprint density at radius 1 is 0.709 bits per heavy atom. The highest BCUT2D eigenvalue weighted by Crippen LogP contribution is 2.65. The maximum Gasteiger partial charge on any atom is 0.246 e. The first kappa shape index (κ1) is 35.1. The number of aromatic hydroxyl groups is 1. The van der Waals surface area contributed by atoms with Crippen molar-refractivity contribution < 1.29 is 29.1 Å². The molecule has 3 fully saturated rings. The van der Waals surface area contributed by atoms with Crippen molar-refractivity contribution in [2.45, 2.75) is 24.2 Å². The van der Waals surface area contributed by atoms with Crippen molar-refractivity contribution >= 4 is 68.3 Å². The van der Waals surface area contributed by atoms with E-state index in [-0.39, 0.29) is 30.3 Å². The lowest BCUT2D eigenvalue weighted by Gasteiger charge is -2.50. The fraction of sp³-hybridized carbons (Fsp3) is 0.178. The zero-order valence-electron chi connectivity index (χ0n) is 29.1. The van der Waals surface area contributed by atoms with Crippen LogP contribution < -0.4 is 9.80 Å². The number of phenols is 1. The number of amides is 4. The number of allylic oxidation sites excluding steroid dienone is 2. The molecule has 2 heterocycles. The molecule has 55 heavy (non-hydrogen) atoms. The maximum atomic E-state index is 15.4. The van der Waals surface area contributed by atoms with Crippen LogP contribution in [-0.4, -0.2) is 34.5 Å². The maximum absolute atomic E-state index is 15.4. The third-order valence-corrected chi connectivity index (χ3v) is 12.6. The summed E-state index contributed by atoms with van der Waals surface area (Å²) in [5, 5.41) is 12.0. The van der Waals surface area contributed by atoms with E-state index >= 15 is 4.79 Å². The molecule has 6 unspecified atom stereocenters. The summed E-state index contributed by atoms with van der Waals surface area (Å²) in [6.45, 7) is 0. The summed E-state index contributed by atoms with van der Waals surface area (Å²) in [7, 11) is 0. The lowest BCUT2D eigenvalue weighted by Crippen LogP contribution is -2.53. The number of halogens is 2. The van der Waals surface area contributed by atoms with Crippen molar-refractivity contribution in [3.8, 4) is 5.75 Å². The minimum atomic E-state index is -1.51. The number of fused-ring (bicyclic) bond motifs is 4. The average Bonchev–Trinajstić information content (AvgIpc) is 3.60. The van der Waals surface area contributed by atoms with Crippen LogP contribution >= 0.6 is 27.5 Å². The normalized spacial score (nSPS) is 25.7. The molecule has 0 bridgehead atoms. The fourth-order valence-electron chi connectivity index (χ4n) is 9.62. The second-order valence-electron chi connectivity index (χ2n) is 14.6. The summed E-state index contributed by atoms with van der Waals surface area (Å²) >= 11 is 9.98. The molecule has 9 rings (SSSR count). The highest BCUT2D eigenvalue weighted by atomic mass is 79.9. The molecule has 4 aliphatic rings. The van der Waals surface area contributed by atoms with Gasteiger partial charge in [0.05, 0.1) is 34.5 Å². The van der Waals surface area contributed by atoms with Gasteiger partial charge < -0.3 is 5.11 Å². The molecule has 2 aliphatic carbocycles. The second-order valence-corrected chi connectivity index (χ2v) is 15.9. The number of carbonyl (C=O) groups excluding carboxylic acids is 5. The summed E-state index contributed by atoms with van der Waals surface area (Å²) in [6.07, 6.45) is 2.29. The lowest BCUT2D eigenvalue weighted by molar-refractivity contribution is -0.127. The summed E-state index contributed by atoms with van der Waals surface area (Å²) in [4.78, 5) is 74.8. The van der Waals surface area contributed by atoms with Gasteiger partial charge in [0.25, 0.3) is 0 Å². The Morgan fingerprint density at radius 2 is 1.40 bits per heavy atom. The molecule has 0 radical (unpaired) electrons. The average molecular weight is 812 g/mol. The van der Waals surface area contributed by atoms with Crippen LogP contribution in [0.2, 0.25) is 5.02 Å². The van der Waals surface area contributed by atoms with E-state index in [1.54, 1.807) is 91.0 Å².